The first-order valence-corrected chi connectivity index (χ1v) is 13.0. The predicted molar refractivity (Wildman–Crippen MR) is 145 cm³/mol. The Bertz CT molecular complexity index is 1340. The fourth-order valence-corrected chi connectivity index (χ4v) is 4.62. The molecule has 0 unspecified atom stereocenters. The van der Waals surface area contributed by atoms with Crippen molar-refractivity contribution in [3.63, 3.8) is 0 Å². The maximum Gasteiger partial charge on any atom is 0.490 e. The van der Waals surface area contributed by atoms with Gasteiger partial charge in [-0.25, -0.2) is 4.79 Å². The highest BCUT2D eigenvalue weighted by atomic mass is 19.4. The lowest BCUT2D eigenvalue weighted by Gasteiger charge is -2.30. The van der Waals surface area contributed by atoms with Gasteiger partial charge in [0, 0.05) is 31.4 Å². The Labute approximate surface area is 234 Å². The van der Waals surface area contributed by atoms with E-state index in [0.717, 1.165) is 48.4 Å². The number of nitrogens with one attached hydrogen (secondary N) is 3. The fourth-order valence-electron chi connectivity index (χ4n) is 4.62. The SMILES string of the molecule is COc1ccc2c(c1)C[C@H](C(=O)Nc1ccc(-c3cn[nH]c3)cc1OC1CCN(C)CC1)NC2.O=C(O)C(F)(F)F. The number of methoxy groups -OCH3 is 1. The molecule has 0 bridgehead atoms. The summed E-state index contributed by atoms with van der Waals surface area (Å²) in [5.74, 6) is -1.33. The molecule has 2 aromatic carbocycles. The van der Waals surface area contributed by atoms with E-state index in [2.05, 4.69) is 38.8 Å². The zero-order valence-electron chi connectivity index (χ0n) is 22.6. The molecule has 0 radical (unpaired) electrons. The highest BCUT2D eigenvalue weighted by molar-refractivity contribution is 5.97. The van der Waals surface area contributed by atoms with E-state index in [-0.39, 0.29) is 18.1 Å². The number of amides is 1. The summed E-state index contributed by atoms with van der Waals surface area (Å²) in [6.45, 7) is 2.65. The second-order valence-corrected chi connectivity index (χ2v) is 9.88. The molecule has 13 heteroatoms. The molecule has 41 heavy (non-hydrogen) atoms. The van der Waals surface area contributed by atoms with E-state index in [0.29, 0.717) is 24.4 Å². The number of aromatic nitrogens is 2. The summed E-state index contributed by atoms with van der Waals surface area (Å²) in [6, 6.07) is 11.6. The Hall–Kier alpha value is -4.10. The van der Waals surface area contributed by atoms with Gasteiger partial charge in [0.05, 0.1) is 25.0 Å². The maximum atomic E-state index is 13.3. The molecule has 220 valence electrons. The number of carboxylic acid groups (broad SMARTS) is 1. The molecule has 3 aromatic rings. The molecule has 1 aromatic heterocycles. The van der Waals surface area contributed by atoms with Crippen LogP contribution in [0.25, 0.3) is 11.1 Å². The van der Waals surface area contributed by atoms with Crippen LogP contribution in [0.1, 0.15) is 24.0 Å². The van der Waals surface area contributed by atoms with Gasteiger partial charge >= 0.3 is 12.1 Å². The first-order chi connectivity index (χ1) is 19.5. The zero-order valence-corrected chi connectivity index (χ0v) is 22.6. The van der Waals surface area contributed by atoms with E-state index in [1.165, 1.54) is 5.56 Å². The number of rotatable bonds is 6. The number of aromatic amines is 1. The summed E-state index contributed by atoms with van der Waals surface area (Å²) >= 11 is 0. The Balaban J connectivity index is 0.000000493. The fraction of sp³-hybridized carbons (Fsp3) is 0.393. The quantitative estimate of drug-likeness (QED) is 0.349. The van der Waals surface area contributed by atoms with Crippen LogP contribution < -0.4 is 20.1 Å². The van der Waals surface area contributed by atoms with Gasteiger partial charge in [-0.05, 0) is 67.3 Å². The zero-order chi connectivity index (χ0) is 29.6. The monoisotopic (exact) mass is 575 g/mol. The number of carbonyl (C=O) groups is 2. The third-order valence-corrected chi connectivity index (χ3v) is 6.97. The van der Waals surface area contributed by atoms with Gasteiger partial charge in [-0.15, -0.1) is 0 Å². The van der Waals surface area contributed by atoms with Crippen LogP contribution in [0.4, 0.5) is 18.9 Å². The Kier molecular flexibility index (Phi) is 9.50. The summed E-state index contributed by atoms with van der Waals surface area (Å²) in [7, 11) is 3.79. The van der Waals surface area contributed by atoms with Gasteiger partial charge in [-0.3, -0.25) is 9.89 Å². The van der Waals surface area contributed by atoms with E-state index < -0.39 is 12.1 Å². The average Bonchev–Trinajstić information content (AvgIpc) is 3.49. The third kappa shape index (κ3) is 7.98. The minimum atomic E-state index is -5.08. The lowest BCUT2D eigenvalue weighted by atomic mass is 9.95. The molecule has 1 amide bonds. The number of H-pyrrole nitrogens is 1. The number of halogens is 3. The number of likely N-dealkylation sites (tertiary alicyclic amines) is 1. The predicted octanol–water partition coefficient (Wildman–Crippen LogP) is 3.84. The Morgan fingerprint density at radius 2 is 1.83 bits per heavy atom. The highest BCUT2D eigenvalue weighted by Crippen LogP contribution is 2.33. The molecule has 4 N–H and O–H groups in total. The van der Waals surface area contributed by atoms with Gasteiger partial charge in [-0.2, -0.15) is 18.3 Å². The lowest BCUT2D eigenvalue weighted by Crippen LogP contribution is -2.44. The van der Waals surface area contributed by atoms with Crippen molar-refractivity contribution < 1.29 is 37.3 Å². The van der Waals surface area contributed by atoms with Crippen LogP contribution in [0.2, 0.25) is 0 Å². The number of fused-ring (bicyclic) bond motifs is 1. The molecular weight excluding hydrogens is 543 g/mol. The van der Waals surface area contributed by atoms with Crippen molar-refractivity contribution in [3.05, 3.63) is 59.9 Å². The van der Waals surface area contributed by atoms with E-state index in [1.807, 2.05) is 36.5 Å². The normalized spacial score (nSPS) is 17.5. The lowest BCUT2D eigenvalue weighted by molar-refractivity contribution is -0.192. The van der Waals surface area contributed by atoms with Crippen LogP contribution in [0, 0.1) is 0 Å². The molecule has 1 fully saturated rings. The number of nitrogens with zero attached hydrogens (tertiary/aromatic N) is 2. The van der Waals surface area contributed by atoms with Crippen molar-refractivity contribution in [2.75, 3.05) is 32.6 Å². The van der Waals surface area contributed by atoms with Crippen molar-refractivity contribution in [2.24, 2.45) is 0 Å². The van der Waals surface area contributed by atoms with Crippen LogP contribution in [0.3, 0.4) is 0 Å². The standard InChI is InChI=1S/C26H31N5O3.C2HF3O2/c1-31-9-7-21(8-10-31)34-25-13-17(20-15-28-29-16-20)4-6-23(25)30-26(32)24-12-19-11-22(33-2)5-3-18(19)14-27-24;3-2(4,5)1(6)7/h3-6,11,13,15-16,21,24,27H,7-10,12,14H2,1-2H3,(H,28,29)(H,30,32);(H,6,7)/t24-;/m1./s1. The van der Waals surface area contributed by atoms with Gasteiger partial charge < -0.3 is 30.1 Å². The van der Waals surface area contributed by atoms with Gasteiger partial charge in [0.15, 0.2) is 0 Å². The smallest absolute Gasteiger partial charge is 0.490 e. The number of carbonyl (C=O) groups excluding carboxylic acids is 1. The minimum absolute atomic E-state index is 0.0715. The number of carboxylic acids is 1. The van der Waals surface area contributed by atoms with Crippen molar-refractivity contribution in [1.82, 2.24) is 20.4 Å². The number of benzene rings is 2. The molecule has 10 nitrogen and oxygen atoms in total. The second-order valence-electron chi connectivity index (χ2n) is 9.88. The number of hydrogen-bond acceptors (Lipinski definition) is 7. The molecule has 0 spiro atoms. The summed E-state index contributed by atoms with van der Waals surface area (Å²) in [6.07, 6.45) is 1.20. The van der Waals surface area contributed by atoms with Crippen LogP contribution in [0.15, 0.2) is 48.8 Å². The topological polar surface area (TPSA) is 129 Å². The number of anilines is 1. The number of aliphatic carboxylic acids is 1. The number of hydrogen-bond donors (Lipinski definition) is 4. The van der Waals surface area contributed by atoms with Crippen LogP contribution in [-0.2, 0) is 22.6 Å². The minimum Gasteiger partial charge on any atom is -0.497 e. The number of ether oxygens (including phenoxy) is 2. The van der Waals surface area contributed by atoms with Gasteiger partial charge in [0.1, 0.15) is 17.6 Å². The number of piperidine rings is 1. The molecule has 2 aliphatic rings. The van der Waals surface area contributed by atoms with E-state index in [1.54, 1.807) is 13.3 Å². The molecule has 0 saturated carbocycles. The molecule has 0 aliphatic carbocycles. The van der Waals surface area contributed by atoms with Crippen LogP contribution in [-0.4, -0.2) is 77.6 Å². The summed E-state index contributed by atoms with van der Waals surface area (Å²) in [4.78, 5) is 24.5. The molecule has 2 aliphatic heterocycles. The highest BCUT2D eigenvalue weighted by Gasteiger charge is 2.38. The van der Waals surface area contributed by atoms with Crippen molar-refractivity contribution >= 4 is 17.6 Å². The van der Waals surface area contributed by atoms with Crippen molar-refractivity contribution in [1.29, 1.82) is 0 Å². The Morgan fingerprint density at radius 3 is 2.46 bits per heavy atom. The first-order valence-electron chi connectivity index (χ1n) is 13.0. The van der Waals surface area contributed by atoms with Crippen molar-refractivity contribution in [3.8, 4) is 22.6 Å². The van der Waals surface area contributed by atoms with E-state index in [9.17, 15) is 18.0 Å². The summed E-state index contributed by atoms with van der Waals surface area (Å²) in [5.41, 5.74) is 4.99. The molecule has 3 heterocycles. The summed E-state index contributed by atoms with van der Waals surface area (Å²) < 4.78 is 43.5. The summed E-state index contributed by atoms with van der Waals surface area (Å²) in [5, 5.41) is 20.5. The molecule has 1 saturated heterocycles. The maximum absolute atomic E-state index is 13.3. The van der Waals surface area contributed by atoms with Crippen LogP contribution >= 0.6 is 0 Å². The average molecular weight is 576 g/mol. The van der Waals surface area contributed by atoms with Crippen LogP contribution in [0.5, 0.6) is 11.5 Å². The Morgan fingerprint density at radius 1 is 1.10 bits per heavy atom. The van der Waals surface area contributed by atoms with Crippen molar-refractivity contribution in [2.45, 2.75) is 44.1 Å². The molecule has 5 rings (SSSR count). The van der Waals surface area contributed by atoms with Gasteiger partial charge in [0.2, 0.25) is 5.91 Å². The van der Waals surface area contributed by atoms with Gasteiger partial charge in [-0.1, -0.05) is 12.1 Å². The van der Waals surface area contributed by atoms with E-state index in [4.69, 9.17) is 19.4 Å². The first kappa shape index (κ1) is 29.9. The number of alkyl halides is 3. The molecular formula is C28H32F3N5O5. The third-order valence-electron chi connectivity index (χ3n) is 6.97. The second kappa shape index (κ2) is 13.0. The van der Waals surface area contributed by atoms with Gasteiger partial charge in [0.25, 0.3) is 0 Å². The molecule has 1 atom stereocenters. The van der Waals surface area contributed by atoms with E-state index >= 15 is 0 Å². The largest absolute Gasteiger partial charge is 0.497 e.